The second kappa shape index (κ2) is 16.9. The highest BCUT2D eigenvalue weighted by atomic mass is 16.6. The van der Waals surface area contributed by atoms with E-state index in [1.54, 1.807) is 12.4 Å². The normalized spacial score (nSPS) is 20.2. The Morgan fingerprint density at radius 1 is 0.860 bits per heavy atom. The van der Waals surface area contributed by atoms with E-state index < -0.39 is 29.7 Å². The molecular weight excluding hydrogens is 738 g/mol. The summed E-state index contributed by atoms with van der Waals surface area (Å²) in [5.41, 5.74) is 2.70. The van der Waals surface area contributed by atoms with E-state index in [2.05, 4.69) is 37.3 Å². The van der Waals surface area contributed by atoms with Crippen LogP contribution in [0.5, 0.6) is 11.5 Å². The second-order valence-corrected chi connectivity index (χ2v) is 14.7. The number of anilines is 1. The van der Waals surface area contributed by atoms with Crippen LogP contribution in [-0.4, -0.2) is 132 Å². The summed E-state index contributed by atoms with van der Waals surface area (Å²) in [7, 11) is 0. The van der Waals surface area contributed by atoms with Gasteiger partial charge >= 0.3 is 0 Å². The lowest BCUT2D eigenvalue weighted by molar-refractivity contribution is -0.136. The van der Waals surface area contributed by atoms with Crippen LogP contribution >= 0.6 is 0 Å². The third kappa shape index (κ3) is 8.91. The van der Waals surface area contributed by atoms with E-state index in [-0.39, 0.29) is 48.9 Å². The number of hydrogen-bond acceptors (Lipinski definition) is 14. The number of rotatable bonds is 18. The number of benzene rings is 2. The van der Waals surface area contributed by atoms with Crippen molar-refractivity contribution in [2.24, 2.45) is 0 Å². The number of nitrogens with zero attached hydrogens (tertiary/aromatic N) is 5. The maximum atomic E-state index is 13.0. The van der Waals surface area contributed by atoms with Gasteiger partial charge in [0.1, 0.15) is 47.6 Å². The first-order valence-electron chi connectivity index (χ1n) is 19.3. The van der Waals surface area contributed by atoms with Crippen LogP contribution in [0.15, 0.2) is 48.8 Å². The molecule has 4 amide bonds. The first-order chi connectivity index (χ1) is 27.7. The molecule has 300 valence electrons. The number of nitrogens with one attached hydrogen (secondary N) is 2. The van der Waals surface area contributed by atoms with Crippen LogP contribution in [0.4, 0.5) is 5.82 Å². The highest BCUT2D eigenvalue weighted by Crippen LogP contribution is 2.40. The number of imide groups is 2. The molecule has 5 heterocycles. The summed E-state index contributed by atoms with van der Waals surface area (Å²) in [6.07, 6.45) is 4.59. The maximum Gasteiger partial charge on any atom is 0.262 e. The summed E-state index contributed by atoms with van der Waals surface area (Å²) < 4.78 is 35.0. The number of fused-ring (bicyclic) bond motifs is 2. The molecule has 0 spiro atoms. The zero-order valence-corrected chi connectivity index (χ0v) is 31.7. The summed E-state index contributed by atoms with van der Waals surface area (Å²) in [5.74, 6) is -0.169. The topological polar surface area (TPSA) is 197 Å². The molecule has 0 radical (unpaired) electrons. The van der Waals surface area contributed by atoms with Crippen LogP contribution in [0.1, 0.15) is 59.7 Å². The smallest absolute Gasteiger partial charge is 0.262 e. The molecule has 0 bridgehead atoms. The van der Waals surface area contributed by atoms with Crippen LogP contribution in [0, 0.1) is 0 Å². The molecule has 17 heteroatoms. The summed E-state index contributed by atoms with van der Waals surface area (Å²) in [4.78, 5) is 61.9. The van der Waals surface area contributed by atoms with Gasteiger partial charge in [0, 0.05) is 37.6 Å². The van der Waals surface area contributed by atoms with Crippen molar-refractivity contribution in [3.8, 4) is 22.9 Å². The first kappa shape index (κ1) is 38.4. The van der Waals surface area contributed by atoms with E-state index in [1.807, 2.05) is 24.3 Å². The van der Waals surface area contributed by atoms with Crippen molar-refractivity contribution in [1.29, 1.82) is 0 Å². The fourth-order valence-corrected chi connectivity index (χ4v) is 7.08. The highest BCUT2D eigenvalue weighted by Gasteiger charge is 2.45. The van der Waals surface area contributed by atoms with Gasteiger partial charge in [0.25, 0.3) is 11.8 Å². The number of carbonyl (C=O) groups is 4. The van der Waals surface area contributed by atoms with Crippen molar-refractivity contribution in [3.63, 3.8) is 0 Å². The Kier molecular flexibility index (Phi) is 11.4. The Bertz CT molecular complexity index is 2140. The van der Waals surface area contributed by atoms with Crippen LogP contribution in [0.3, 0.4) is 0 Å². The fraction of sp³-hybridized carbons (Fsp3) is 0.475. The molecule has 4 aliphatic rings. The van der Waals surface area contributed by atoms with Crippen LogP contribution in [0.25, 0.3) is 22.3 Å². The van der Waals surface area contributed by atoms with E-state index in [4.69, 9.17) is 28.4 Å². The monoisotopic (exact) mass is 783 g/mol. The predicted molar refractivity (Wildman–Crippen MR) is 203 cm³/mol. The molecule has 57 heavy (non-hydrogen) atoms. The van der Waals surface area contributed by atoms with Crippen molar-refractivity contribution in [2.45, 2.75) is 56.8 Å². The van der Waals surface area contributed by atoms with Gasteiger partial charge in [-0.1, -0.05) is 0 Å². The molecule has 2 aromatic heterocycles. The molecule has 8 rings (SSSR count). The molecule has 1 saturated carbocycles. The van der Waals surface area contributed by atoms with Crippen molar-refractivity contribution in [3.05, 3.63) is 59.9 Å². The standard InChI is InChI=1S/C40H45N7O10/c1-40(9-10-40)57-26-3-5-31-30(21-26)36(45-44-31)32-22-34(42-24-41-32)46-11-13-55-27(23-46)8-12-52-14-15-53-16-17-54-18-19-56-25-2-4-28-29(20-25)39(51)47(38(28)50)33-6-7-35(48)43-37(33)49/h2-5,20-22,24,27,33H,6-19,23H2,1H3,(H,44,45)(H,43,48,49). The highest BCUT2D eigenvalue weighted by molar-refractivity contribution is 6.23. The number of aromatic nitrogens is 4. The number of amides is 4. The van der Waals surface area contributed by atoms with Crippen molar-refractivity contribution in [2.75, 3.05) is 70.8 Å². The second-order valence-electron chi connectivity index (χ2n) is 14.7. The zero-order chi connectivity index (χ0) is 39.4. The lowest BCUT2D eigenvalue weighted by atomic mass is 10.0. The van der Waals surface area contributed by atoms with Crippen LogP contribution in [-0.2, 0) is 28.5 Å². The third-order valence-corrected chi connectivity index (χ3v) is 10.4. The SMILES string of the molecule is CC1(Oc2ccc3[nH]nc(-c4cc(N5CCOC(CCOCCOCCOCCOc6ccc7c(c6)C(=O)N(C6CCC(=O)NC6=O)C7=O)C5)ncn4)c3c2)CC1. The molecule has 2 saturated heterocycles. The van der Waals surface area contributed by atoms with E-state index in [9.17, 15) is 19.2 Å². The van der Waals surface area contributed by atoms with Crippen molar-refractivity contribution < 1.29 is 47.6 Å². The van der Waals surface area contributed by atoms with Gasteiger partial charge < -0.3 is 33.3 Å². The van der Waals surface area contributed by atoms with Gasteiger partial charge in [0.15, 0.2) is 0 Å². The van der Waals surface area contributed by atoms with E-state index in [0.717, 1.165) is 64.6 Å². The number of aromatic amines is 1. The lowest BCUT2D eigenvalue weighted by Gasteiger charge is -2.33. The number of hydrogen-bond donors (Lipinski definition) is 2. The minimum atomic E-state index is -1.02. The average molecular weight is 784 g/mol. The minimum Gasteiger partial charge on any atom is -0.491 e. The molecule has 2 atom stereocenters. The number of H-pyrrole nitrogens is 1. The fourth-order valence-electron chi connectivity index (χ4n) is 7.08. The van der Waals surface area contributed by atoms with E-state index in [1.165, 1.54) is 12.1 Å². The first-order valence-corrected chi connectivity index (χ1v) is 19.3. The minimum absolute atomic E-state index is 0.00396. The molecule has 3 aliphatic heterocycles. The molecule has 3 fully saturated rings. The quantitative estimate of drug-likeness (QED) is 0.110. The average Bonchev–Trinajstić information content (AvgIpc) is 3.70. The van der Waals surface area contributed by atoms with Gasteiger partial charge in [-0.3, -0.25) is 34.5 Å². The predicted octanol–water partition coefficient (Wildman–Crippen LogP) is 3.08. The van der Waals surface area contributed by atoms with Gasteiger partial charge in [0.05, 0.1) is 68.1 Å². The lowest BCUT2D eigenvalue weighted by Crippen LogP contribution is -2.54. The number of ether oxygens (including phenoxy) is 6. The van der Waals surface area contributed by atoms with Gasteiger partial charge in [-0.25, -0.2) is 9.97 Å². The maximum absolute atomic E-state index is 13.0. The van der Waals surface area contributed by atoms with E-state index >= 15 is 0 Å². The Balaban J connectivity index is 0.694. The molecule has 17 nitrogen and oxygen atoms in total. The summed E-state index contributed by atoms with van der Waals surface area (Å²) in [6, 6.07) is 11.5. The summed E-state index contributed by atoms with van der Waals surface area (Å²) in [5, 5.41) is 10.8. The zero-order valence-electron chi connectivity index (χ0n) is 31.7. The number of piperidine rings is 1. The van der Waals surface area contributed by atoms with E-state index in [0.29, 0.717) is 51.9 Å². The van der Waals surface area contributed by atoms with Gasteiger partial charge in [0.2, 0.25) is 11.8 Å². The molecule has 1 aliphatic carbocycles. The van der Waals surface area contributed by atoms with Crippen LogP contribution < -0.4 is 19.7 Å². The Labute approximate surface area is 328 Å². The van der Waals surface area contributed by atoms with Gasteiger partial charge in [-0.2, -0.15) is 5.10 Å². The Hall–Kier alpha value is -5.49. The van der Waals surface area contributed by atoms with Gasteiger partial charge in [-0.15, -0.1) is 0 Å². The van der Waals surface area contributed by atoms with Crippen molar-refractivity contribution >= 4 is 40.3 Å². The Morgan fingerprint density at radius 2 is 1.61 bits per heavy atom. The largest absolute Gasteiger partial charge is 0.491 e. The summed E-state index contributed by atoms with van der Waals surface area (Å²) in [6.45, 7) is 6.78. The molecule has 2 N–H and O–H groups in total. The summed E-state index contributed by atoms with van der Waals surface area (Å²) >= 11 is 0. The molecule has 2 unspecified atom stereocenters. The van der Waals surface area contributed by atoms with Gasteiger partial charge in [-0.05, 0) is 69.0 Å². The number of carbonyl (C=O) groups excluding carboxylic acids is 4. The molecule has 2 aromatic carbocycles. The third-order valence-electron chi connectivity index (χ3n) is 10.4. The molecular formula is C40H45N7O10. The van der Waals surface area contributed by atoms with Crippen molar-refractivity contribution in [1.82, 2.24) is 30.4 Å². The molecule has 4 aromatic rings. The Morgan fingerprint density at radius 3 is 2.40 bits per heavy atom. The van der Waals surface area contributed by atoms with Crippen LogP contribution in [0.2, 0.25) is 0 Å². The number of morpholine rings is 1.